The van der Waals surface area contributed by atoms with Crippen molar-refractivity contribution < 1.29 is 13.9 Å². The summed E-state index contributed by atoms with van der Waals surface area (Å²) in [6.07, 6.45) is 3.70. The molecule has 0 saturated heterocycles. The summed E-state index contributed by atoms with van der Waals surface area (Å²) in [6.45, 7) is 3.73. The highest BCUT2D eigenvalue weighted by atomic mass is 32.2. The fourth-order valence-corrected chi connectivity index (χ4v) is 5.06. The number of thiazole rings is 1. The fraction of sp³-hybridized carbons (Fsp3) is 0.208. The Bertz CT molecular complexity index is 1370. The Hall–Kier alpha value is -2.97. The van der Waals surface area contributed by atoms with Crippen molar-refractivity contribution in [1.82, 2.24) is 4.57 Å². The van der Waals surface area contributed by atoms with Crippen LogP contribution >= 0.6 is 23.1 Å². The number of thioether (sulfide) groups is 1. The maximum absolute atomic E-state index is 13.5. The molecule has 0 amide bonds. The zero-order valence-corrected chi connectivity index (χ0v) is 19.4. The van der Waals surface area contributed by atoms with E-state index in [0.717, 1.165) is 10.5 Å². The Morgan fingerprint density at radius 1 is 1.22 bits per heavy atom. The number of rotatable bonds is 5. The number of halogens is 1. The van der Waals surface area contributed by atoms with Crippen molar-refractivity contribution in [1.29, 1.82) is 0 Å². The number of esters is 1. The van der Waals surface area contributed by atoms with Gasteiger partial charge >= 0.3 is 5.97 Å². The van der Waals surface area contributed by atoms with Gasteiger partial charge in [0.1, 0.15) is 5.82 Å². The van der Waals surface area contributed by atoms with E-state index >= 15 is 0 Å². The van der Waals surface area contributed by atoms with E-state index in [1.165, 1.54) is 23.5 Å². The van der Waals surface area contributed by atoms with E-state index in [1.807, 2.05) is 30.5 Å². The van der Waals surface area contributed by atoms with Crippen LogP contribution in [0.1, 0.15) is 31.0 Å². The first kappa shape index (κ1) is 22.2. The van der Waals surface area contributed by atoms with Crippen molar-refractivity contribution in [3.05, 3.63) is 96.4 Å². The summed E-state index contributed by atoms with van der Waals surface area (Å²) in [4.78, 5) is 32.5. The Morgan fingerprint density at radius 3 is 2.53 bits per heavy atom. The zero-order valence-electron chi connectivity index (χ0n) is 17.8. The van der Waals surface area contributed by atoms with Gasteiger partial charge in [0.15, 0.2) is 4.80 Å². The second-order valence-corrected chi connectivity index (χ2v) is 9.02. The van der Waals surface area contributed by atoms with Crippen LogP contribution in [0, 0.1) is 5.82 Å². The van der Waals surface area contributed by atoms with Crippen molar-refractivity contribution in [2.45, 2.75) is 24.8 Å². The third kappa shape index (κ3) is 4.20. The minimum atomic E-state index is -0.642. The Labute approximate surface area is 192 Å². The quantitative estimate of drug-likeness (QED) is 0.424. The minimum Gasteiger partial charge on any atom is -0.463 e. The Balaban J connectivity index is 1.93. The largest absolute Gasteiger partial charge is 0.463 e. The number of carbonyl (C=O) groups excluding carboxylic acids is 1. The summed E-state index contributed by atoms with van der Waals surface area (Å²) >= 11 is 2.86. The van der Waals surface area contributed by atoms with Crippen molar-refractivity contribution >= 4 is 35.1 Å². The van der Waals surface area contributed by atoms with Gasteiger partial charge in [0.05, 0.1) is 28.5 Å². The van der Waals surface area contributed by atoms with E-state index in [-0.39, 0.29) is 18.0 Å². The molecular formula is C24H21FN2O3S2. The molecule has 8 heteroatoms. The predicted molar refractivity (Wildman–Crippen MR) is 125 cm³/mol. The number of ether oxygens (including phenoxy) is 1. The first-order valence-corrected chi connectivity index (χ1v) is 12.1. The molecule has 0 unspecified atom stereocenters. The molecule has 0 radical (unpaired) electrons. The molecule has 0 spiro atoms. The zero-order chi connectivity index (χ0) is 22.8. The van der Waals surface area contributed by atoms with Crippen LogP contribution in [0.3, 0.4) is 0 Å². The second-order valence-electron chi connectivity index (χ2n) is 7.13. The molecular weight excluding hydrogens is 447 g/mol. The maximum atomic E-state index is 13.5. The van der Waals surface area contributed by atoms with Crippen molar-refractivity contribution in [2.24, 2.45) is 4.99 Å². The average Bonchev–Trinajstić information content (AvgIpc) is 3.09. The first-order valence-electron chi connectivity index (χ1n) is 10.0. The minimum absolute atomic E-state index is 0.225. The molecule has 0 aliphatic carbocycles. The van der Waals surface area contributed by atoms with Crippen LogP contribution in [0.5, 0.6) is 0 Å². The summed E-state index contributed by atoms with van der Waals surface area (Å²) in [7, 11) is 0. The molecule has 164 valence electrons. The van der Waals surface area contributed by atoms with E-state index in [4.69, 9.17) is 4.74 Å². The van der Waals surface area contributed by atoms with Crippen LogP contribution in [-0.2, 0) is 9.53 Å². The third-order valence-corrected chi connectivity index (χ3v) is 6.84. The molecule has 0 N–H and O–H groups in total. The van der Waals surface area contributed by atoms with Crippen LogP contribution in [0.2, 0.25) is 0 Å². The SMILES string of the molecule is CCOC(=O)C1=C(C)N=c2sc(=Cc3ccc(F)cc3)c(=O)n2[C@H]1c1ccc(SC)cc1. The summed E-state index contributed by atoms with van der Waals surface area (Å²) in [6, 6.07) is 13.1. The van der Waals surface area contributed by atoms with Crippen LogP contribution in [-0.4, -0.2) is 23.4 Å². The standard InChI is InChI=1S/C24H21FN2O3S2/c1-4-30-23(29)20-14(2)26-24-27(21(20)16-7-11-18(31-3)12-8-16)22(28)19(32-24)13-15-5-9-17(25)10-6-15/h5-13,21H,4H2,1-3H3/t21-/m0/s1. The van der Waals surface area contributed by atoms with Gasteiger partial charge in [-0.1, -0.05) is 35.6 Å². The van der Waals surface area contributed by atoms with E-state index in [2.05, 4.69) is 4.99 Å². The lowest BCUT2D eigenvalue weighted by molar-refractivity contribution is -0.139. The highest BCUT2D eigenvalue weighted by molar-refractivity contribution is 7.98. The number of hydrogen-bond acceptors (Lipinski definition) is 6. The monoisotopic (exact) mass is 468 g/mol. The van der Waals surface area contributed by atoms with Gasteiger partial charge in [-0.25, -0.2) is 14.2 Å². The molecule has 1 aromatic heterocycles. The lowest BCUT2D eigenvalue weighted by Gasteiger charge is -2.24. The average molecular weight is 469 g/mol. The lowest BCUT2D eigenvalue weighted by atomic mass is 9.96. The van der Waals surface area contributed by atoms with Crippen LogP contribution in [0.15, 0.2) is 74.5 Å². The van der Waals surface area contributed by atoms with Gasteiger partial charge in [-0.05, 0) is 61.6 Å². The molecule has 2 aromatic carbocycles. The van der Waals surface area contributed by atoms with Crippen molar-refractivity contribution in [3.63, 3.8) is 0 Å². The first-order chi connectivity index (χ1) is 15.4. The van der Waals surface area contributed by atoms with Crippen LogP contribution in [0.4, 0.5) is 4.39 Å². The summed E-state index contributed by atoms with van der Waals surface area (Å²) in [5.74, 6) is -0.826. The third-order valence-electron chi connectivity index (χ3n) is 5.12. The summed E-state index contributed by atoms with van der Waals surface area (Å²) < 4.78 is 20.6. The Kier molecular flexibility index (Phi) is 6.43. The number of allylic oxidation sites excluding steroid dienone is 1. The predicted octanol–water partition coefficient (Wildman–Crippen LogP) is 3.66. The van der Waals surface area contributed by atoms with Gasteiger partial charge in [0, 0.05) is 4.90 Å². The number of benzene rings is 2. The van der Waals surface area contributed by atoms with E-state index < -0.39 is 12.0 Å². The maximum Gasteiger partial charge on any atom is 0.338 e. The van der Waals surface area contributed by atoms with Crippen LogP contribution in [0.25, 0.3) is 6.08 Å². The van der Waals surface area contributed by atoms with E-state index in [0.29, 0.717) is 26.2 Å². The van der Waals surface area contributed by atoms with Crippen LogP contribution < -0.4 is 14.9 Å². The number of aromatic nitrogens is 1. The van der Waals surface area contributed by atoms with Crippen molar-refractivity contribution in [3.8, 4) is 0 Å². The molecule has 32 heavy (non-hydrogen) atoms. The number of hydrogen-bond donors (Lipinski definition) is 0. The molecule has 3 aromatic rings. The smallest absolute Gasteiger partial charge is 0.338 e. The van der Waals surface area contributed by atoms with Gasteiger partial charge < -0.3 is 4.74 Å². The van der Waals surface area contributed by atoms with E-state index in [9.17, 15) is 14.0 Å². The highest BCUT2D eigenvalue weighted by Crippen LogP contribution is 2.31. The van der Waals surface area contributed by atoms with Gasteiger partial charge in [0.25, 0.3) is 5.56 Å². The molecule has 2 heterocycles. The van der Waals surface area contributed by atoms with E-state index in [1.54, 1.807) is 48.4 Å². The van der Waals surface area contributed by atoms with Crippen molar-refractivity contribution in [2.75, 3.05) is 12.9 Å². The van der Waals surface area contributed by atoms with Gasteiger partial charge in [0.2, 0.25) is 0 Å². The molecule has 0 fully saturated rings. The fourth-order valence-electron chi connectivity index (χ4n) is 3.60. The molecule has 5 nitrogen and oxygen atoms in total. The molecule has 0 saturated carbocycles. The topological polar surface area (TPSA) is 60.7 Å². The number of carbonyl (C=O) groups is 1. The van der Waals surface area contributed by atoms with Gasteiger partial charge in [-0.3, -0.25) is 9.36 Å². The molecule has 0 bridgehead atoms. The molecule has 4 rings (SSSR count). The van der Waals surface area contributed by atoms with Gasteiger partial charge in [-0.15, -0.1) is 11.8 Å². The number of nitrogens with zero attached hydrogens (tertiary/aromatic N) is 2. The molecule has 1 aliphatic rings. The number of fused-ring (bicyclic) bond motifs is 1. The Morgan fingerprint density at radius 2 is 1.91 bits per heavy atom. The lowest BCUT2D eigenvalue weighted by Crippen LogP contribution is -2.39. The highest BCUT2D eigenvalue weighted by Gasteiger charge is 2.33. The molecule has 1 atom stereocenters. The second kappa shape index (κ2) is 9.26. The molecule has 1 aliphatic heterocycles. The van der Waals surface area contributed by atoms with Gasteiger partial charge in [-0.2, -0.15) is 0 Å². The summed E-state index contributed by atoms with van der Waals surface area (Å²) in [5, 5.41) is 0. The summed E-state index contributed by atoms with van der Waals surface area (Å²) in [5.41, 5.74) is 2.13. The normalized spacial score (nSPS) is 16.0.